The minimum absolute atomic E-state index is 0.182. The number of carbonyl (C=O) groups is 1. The lowest BCUT2D eigenvalue weighted by Crippen LogP contribution is -2.55. The Balaban J connectivity index is 1.51. The van der Waals surface area contributed by atoms with Gasteiger partial charge in [0, 0.05) is 58.7 Å². The summed E-state index contributed by atoms with van der Waals surface area (Å²) in [5, 5.41) is 17.2. The van der Waals surface area contributed by atoms with Crippen LogP contribution in [0.15, 0.2) is 6.33 Å². The smallest absolute Gasteiger partial charge is 0.223 e. The van der Waals surface area contributed by atoms with Gasteiger partial charge in [-0.05, 0) is 25.2 Å². The maximum atomic E-state index is 12.5. The first kappa shape index (κ1) is 16.4. The number of aryl methyl sites for hydroxylation is 2. The Kier molecular flexibility index (Phi) is 5.27. The van der Waals surface area contributed by atoms with E-state index >= 15 is 0 Å². The summed E-state index contributed by atoms with van der Waals surface area (Å²) in [5.41, 5.74) is 0. The zero-order valence-corrected chi connectivity index (χ0v) is 13.9. The normalized spacial score (nSPS) is 22.5. The van der Waals surface area contributed by atoms with E-state index in [0.29, 0.717) is 18.9 Å². The predicted octanol–water partition coefficient (Wildman–Crippen LogP) is 0.0529. The van der Waals surface area contributed by atoms with Gasteiger partial charge in [-0.15, -0.1) is 10.2 Å². The van der Waals surface area contributed by atoms with E-state index in [2.05, 4.69) is 15.1 Å². The average molecular weight is 321 g/mol. The first-order valence-electron chi connectivity index (χ1n) is 8.63. The summed E-state index contributed by atoms with van der Waals surface area (Å²) in [5.74, 6) is 1.87. The molecule has 1 aromatic heterocycles. The fraction of sp³-hybridized carbons (Fsp3) is 0.812. The maximum absolute atomic E-state index is 12.5. The zero-order chi connectivity index (χ0) is 16.2. The molecule has 1 aliphatic heterocycles. The van der Waals surface area contributed by atoms with Crippen LogP contribution in [0, 0.1) is 5.92 Å². The maximum Gasteiger partial charge on any atom is 0.223 e. The molecule has 1 aliphatic carbocycles. The van der Waals surface area contributed by atoms with Crippen LogP contribution in [0.3, 0.4) is 0 Å². The van der Waals surface area contributed by atoms with E-state index in [1.54, 1.807) is 6.33 Å². The van der Waals surface area contributed by atoms with E-state index < -0.39 is 0 Å². The molecular weight excluding hydrogens is 294 g/mol. The summed E-state index contributed by atoms with van der Waals surface area (Å²) in [6.07, 6.45) is 6.18. The molecule has 0 radical (unpaired) electrons. The summed E-state index contributed by atoms with van der Waals surface area (Å²) in [6.45, 7) is 3.78. The Morgan fingerprint density at radius 1 is 1.39 bits per heavy atom. The Hall–Kier alpha value is -1.47. The first-order valence-corrected chi connectivity index (χ1v) is 8.63. The zero-order valence-electron chi connectivity index (χ0n) is 13.9. The van der Waals surface area contributed by atoms with E-state index in [9.17, 15) is 9.90 Å². The van der Waals surface area contributed by atoms with Crippen molar-refractivity contribution in [2.45, 2.75) is 38.1 Å². The van der Waals surface area contributed by atoms with Crippen molar-refractivity contribution >= 4 is 5.91 Å². The molecule has 1 atom stereocenters. The van der Waals surface area contributed by atoms with Gasteiger partial charge in [-0.3, -0.25) is 9.69 Å². The molecule has 3 rings (SSSR count). The van der Waals surface area contributed by atoms with Crippen LogP contribution in [0.5, 0.6) is 0 Å². The van der Waals surface area contributed by atoms with E-state index in [1.807, 2.05) is 16.5 Å². The molecule has 7 nitrogen and oxygen atoms in total. The second-order valence-corrected chi connectivity index (χ2v) is 6.80. The SMILES string of the molecule is Cn1cnnc1CCC(=O)N1CCN(CC2CC2)[C@@H](CCO)C1. The highest BCUT2D eigenvalue weighted by Crippen LogP contribution is 2.31. The van der Waals surface area contributed by atoms with Crippen molar-refractivity contribution in [2.24, 2.45) is 13.0 Å². The highest BCUT2D eigenvalue weighted by Gasteiger charge is 2.33. The van der Waals surface area contributed by atoms with Crippen molar-refractivity contribution in [3.05, 3.63) is 12.2 Å². The Bertz CT molecular complexity index is 528. The molecule has 23 heavy (non-hydrogen) atoms. The standard InChI is InChI=1S/C16H27N5O2/c1-19-12-17-18-15(19)4-5-16(23)21-8-7-20(10-13-2-3-13)14(11-21)6-9-22/h12-14,22H,2-11H2,1H3/t14-/m0/s1. The number of hydrogen-bond donors (Lipinski definition) is 1. The lowest BCUT2D eigenvalue weighted by molar-refractivity contribution is -0.134. The van der Waals surface area contributed by atoms with Gasteiger partial charge < -0.3 is 14.6 Å². The molecule has 0 unspecified atom stereocenters. The molecule has 1 saturated heterocycles. The third-order valence-corrected chi connectivity index (χ3v) is 4.98. The number of aromatic nitrogens is 3. The molecule has 0 bridgehead atoms. The van der Waals surface area contributed by atoms with Gasteiger partial charge in [0.1, 0.15) is 12.2 Å². The van der Waals surface area contributed by atoms with Gasteiger partial charge in [-0.25, -0.2) is 0 Å². The fourth-order valence-corrected chi connectivity index (χ4v) is 3.33. The van der Waals surface area contributed by atoms with Gasteiger partial charge in [0.05, 0.1) is 0 Å². The van der Waals surface area contributed by atoms with E-state index in [4.69, 9.17) is 0 Å². The van der Waals surface area contributed by atoms with Crippen LogP contribution in [0.2, 0.25) is 0 Å². The first-order chi connectivity index (χ1) is 11.2. The molecule has 2 aliphatic rings. The van der Waals surface area contributed by atoms with E-state index in [0.717, 1.165) is 44.3 Å². The highest BCUT2D eigenvalue weighted by atomic mass is 16.3. The third kappa shape index (κ3) is 4.29. The van der Waals surface area contributed by atoms with Crippen molar-refractivity contribution < 1.29 is 9.90 Å². The number of piperazine rings is 1. The van der Waals surface area contributed by atoms with Crippen molar-refractivity contribution in [1.29, 1.82) is 0 Å². The molecule has 2 fully saturated rings. The molecule has 1 N–H and O–H groups in total. The van der Waals surface area contributed by atoms with Crippen molar-refractivity contribution in [1.82, 2.24) is 24.6 Å². The number of nitrogens with zero attached hydrogens (tertiary/aromatic N) is 5. The Morgan fingerprint density at radius 2 is 2.22 bits per heavy atom. The number of carbonyl (C=O) groups excluding carboxylic acids is 1. The summed E-state index contributed by atoms with van der Waals surface area (Å²) >= 11 is 0. The molecule has 1 saturated carbocycles. The molecular formula is C16H27N5O2. The number of amides is 1. The van der Waals surface area contributed by atoms with Crippen LogP contribution in [-0.2, 0) is 18.3 Å². The molecule has 7 heteroatoms. The van der Waals surface area contributed by atoms with Crippen LogP contribution in [-0.4, -0.2) is 74.4 Å². The summed E-state index contributed by atoms with van der Waals surface area (Å²) < 4.78 is 1.86. The highest BCUT2D eigenvalue weighted by molar-refractivity contribution is 5.76. The minimum Gasteiger partial charge on any atom is -0.396 e. The molecule has 2 heterocycles. The van der Waals surface area contributed by atoms with Crippen LogP contribution in [0.25, 0.3) is 0 Å². The minimum atomic E-state index is 0.182. The van der Waals surface area contributed by atoms with E-state index in [1.165, 1.54) is 12.8 Å². The average Bonchev–Trinajstić information content (AvgIpc) is 3.27. The van der Waals surface area contributed by atoms with Crippen LogP contribution in [0.4, 0.5) is 0 Å². The molecule has 0 spiro atoms. The van der Waals surface area contributed by atoms with Crippen molar-refractivity contribution in [3.8, 4) is 0 Å². The van der Waals surface area contributed by atoms with Gasteiger partial charge in [-0.1, -0.05) is 0 Å². The van der Waals surface area contributed by atoms with Crippen molar-refractivity contribution in [2.75, 3.05) is 32.8 Å². The quantitative estimate of drug-likeness (QED) is 0.768. The number of aliphatic hydroxyl groups is 1. The lowest BCUT2D eigenvalue weighted by Gasteiger charge is -2.41. The summed E-state index contributed by atoms with van der Waals surface area (Å²) in [6, 6.07) is 0.299. The third-order valence-electron chi connectivity index (χ3n) is 4.98. The topological polar surface area (TPSA) is 74.5 Å². The molecule has 128 valence electrons. The van der Waals surface area contributed by atoms with Gasteiger partial charge >= 0.3 is 0 Å². The monoisotopic (exact) mass is 321 g/mol. The number of rotatable bonds is 7. The predicted molar refractivity (Wildman–Crippen MR) is 85.7 cm³/mol. The van der Waals surface area contributed by atoms with Crippen LogP contribution < -0.4 is 0 Å². The number of aliphatic hydroxyl groups excluding tert-OH is 1. The van der Waals surface area contributed by atoms with Crippen LogP contribution in [0.1, 0.15) is 31.5 Å². The molecule has 1 aromatic rings. The summed E-state index contributed by atoms with van der Waals surface area (Å²) in [7, 11) is 1.90. The van der Waals surface area contributed by atoms with Gasteiger partial charge in [0.25, 0.3) is 0 Å². The summed E-state index contributed by atoms with van der Waals surface area (Å²) in [4.78, 5) is 16.9. The molecule has 0 aromatic carbocycles. The second kappa shape index (κ2) is 7.40. The van der Waals surface area contributed by atoms with Crippen LogP contribution >= 0.6 is 0 Å². The second-order valence-electron chi connectivity index (χ2n) is 6.80. The van der Waals surface area contributed by atoms with E-state index in [-0.39, 0.29) is 12.5 Å². The Labute approximate surface area is 137 Å². The lowest BCUT2D eigenvalue weighted by atomic mass is 10.1. The van der Waals surface area contributed by atoms with Gasteiger partial charge in [0.2, 0.25) is 5.91 Å². The molecule has 1 amide bonds. The van der Waals surface area contributed by atoms with Crippen molar-refractivity contribution in [3.63, 3.8) is 0 Å². The largest absolute Gasteiger partial charge is 0.396 e. The van der Waals surface area contributed by atoms with Gasteiger partial charge in [0.15, 0.2) is 0 Å². The Morgan fingerprint density at radius 3 is 2.87 bits per heavy atom. The fourth-order valence-electron chi connectivity index (χ4n) is 3.33. The van der Waals surface area contributed by atoms with Gasteiger partial charge in [-0.2, -0.15) is 0 Å². The number of hydrogen-bond acceptors (Lipinski definition) is 5.